The molecule has 1 saturated heterocycles. The molecule has 1 aliphatic carbocycles. The van der Waals surface area contributed by atoms with E-state index in [0.717, 1.165) is 38.6 Å². The van der Waals surface area contributed by atoms with Crippen LogP contribution in [0.1, 0.15) is 71.1 Å². The van der Waals surface area contributed by atoms with Crippen LogP contribution in [0, 0.1) is 0 Å². The highest BCUT2D eigenvalue weighted by Gasteiger charge is 2.58. The number of ether oxygens (including phenoxy) is 1. The van der Waals surface area contributed by atoms with Crippen molar-refractivity contribution in [2.45, 2.75) is 82.8 Å². The van der Waals surface area contributed by atoms with E-state index in [2.05, 4.69) is 12.2 Å². The minimum atomic E-state index is -0.638. The molecule has 24 heavy (non-hydrogen) atoms. The number of Topliss-reactive ketones (excluding diaryl/α,β-unsaturated/α-hetero) is 1. The van der Waals surface area contributed by atoms with E-state index >= 15 is 0 Å². The van der Waals surface area contributed by atoms with Gasteiger partial charge in [-0.3, -0.25) is 9.59 Å². The molecule has 1 heterocycles. The topological polar surface area (TPSA) is 58.7 Å². The largest absolute Gasteiger partial charge is 0.356 e. The van der Waals surface area contributed by atoms with Gasteiger partial charge < -0.3 is 10.1 Å². The number of epoxide rings is 1. The molecular weight excluding hydrogens is 302 g/mol. The minimum Gasteiger partial charge on any atom is -0.356 e. The molecule has 0 aromatic heterocycles. The SMILES string of the molecule is CCCCCCCC(=O)NCCCCCC(=O)C12C=CC=CC1O2. The van der Waals surface area contributed by atoms with Gasteiger partial charge in [0.2, 0.25) is 5.91 Å². The molecular formula is C20H31NO3. The highest BCUT2D eigenvalue weighted by atomic mass is 16.6. The number of ketones is 1. The van der Waals surface area contributed by atoms with Crippen LogP contribution < -0.4 is 5.32 Å². The van der Waals surface area contributed by atoms with Crippen molar-refractivity contribution in [2.75, 3.05) is 6.54 Å². The molecule has 1 N–H and O–H groups in total. The number of hydrogen-bond acceptors (Lipinski definition) is 3. The van der Waals surface area contributed by atoms with Crippen LogP contribution in [0.25, 0.3) is 0 Å². The average molecular weight is 333 g/mol. The molecule has 2 atom stereocenters. The number of fused-ring (bicyclic) bond motifs is 1. The fraction of sp³-hybridized carbons (Fsp3) is 0.700. The van der Waals surface area contributed by atoms with Crippen molar-refractivity contribution in [3.05, 3.63) is 24.3 Å². The number of hydrogen-bond donors (Lipinski definition) is 1. The quantitative estimate of drug-likeness (QED) is 0.411. The first kappa shape index (κ1) is 18.9. The lowest BCUT2D eigenvalue weighted by Gasteiger charge is -2.08. The lowest BCUT2D eigenvalue weighted by molar-refractivity contribution is -0.123. The van der Waals surface area contributed by atoms with Crippen LogP contribution in [0.15, 0.2) is 24.3 Å². The third-order valence-corrected chi connectivity index (χ3v) is 4.77. The van der Waals surface area contributed by atoms with Crippen LogP contribution in [0.3, 0.4) is 0 Å². The van der Waals surface area contributed by atoms with Crippen LogP contribution in [-0.4, -0.2) is 29.9 Å². The molecule has 1 fully saturated rings. The Hall–Kier alpha value is -1.42. The van der Waals surface area contributed by atoms with Gasteiger partial charge in [0.25, 0.3) is 0 Å². The van der Waals surface area contributed by atoms with Gasteiger partial charge in [0.05, 0.1) is 0 Å². The van der Waals surface area contributed by atoms with Gasteiger partial charge >= 0.3 is 0 Å². The molecule has 0 spiro atoms. The molecule has 1 amide bonds. The summed E-state index contributed by atoms with van der Waals surface area (Å²) < 4.78 is 5.52. The van der Waals surface area contributed by atoms with Crippen molar-refractivity contribution in [1.82, 2.24) is 5.32 Å². The Kier molecular flexibility index (Phi) is 7.70. The number of unbranched alkanes of at least 4 members (excludes halogenated alkanes) is 6. The van der Waals surface area contributed by atoms with Crippen LogP contribution in [0.4, 0.5) is 0 Å². The first-order chi connectivity index (χ1) is 11.7. The third kappa shape index (κ3) is 5.59. The second-order valence-electron chi connectivity index (χ2n) is 6.82. The van der Waals surface area contributed by atoms with Gasteiger partial charge in [0.1, 0.15) is 6.10 Å². The Morgan fingerprint density at radius 1 is 1.00 bits per heavy atom. The fourth-order valence-electron chi connectivity index (χ4n) is 3.16. The monoisotopic (exact) mass is 333 g/mol. The zero-order valence-electron chi connectivity index (χ0n) is 14.9. The van der Waals surface area contributed by atoms with Crippen LogP contribution in [0.5, 0.6) is 0 Å². The highest BCUT2D eigenvalue weighted by molar-refractivity contribution is 5.93. The summed E-state index contributed by atoms with van der Waals surface area (Å²) in [7, 11) is 0. The summed E-state index contributed by atoms with van der Waals surface area (Å²) >= 11 is 0. The molecule has 0 radical (unpaired) electrons. The molecule has 1 aliphatic heterocycles. The molecule has 0 saturated carbocycles. The van der Waals surface area contributed by atoms with E-state index < -0.39 is 5.60 Å². The predicted molar refractivity (Wildman–Crippen MR) is 95.7 cm³/mol. The van der Waals surface area contributed by atoms with Crippen molar-refractivity contribution in [2.24, 2.45) is 0 Å². The first-order valence-electron chi connectivity index (χ1n) is 9.53. The van der Waals surface area contributed by atoms with Crippen LogP contribution >= 0.6 is 0 Å². The number of rotatable bonds is 13. The Morgan fingerprint density at radius 3 is 2.54 bits per heavy atom. The second-order valence-corrected chi connectivity index (χ2v) is 6.82. The maximum absolute atomic E-state index is 12.2. The average Bonchev–Trinajstić information content (AvgIpc) is 3.33. The normalized spacial score (nSPS) is 23.8. The van der Waals surface area contributed by atoms with Gasteiger partial charge in [-0.05, 0) is 25.3 Å². The van der Waals surface area contributed by atoms with Crippen LogP contribution in [-0.2, 0) is 14.3 Å². The van der Waals surface area contributed by atoms with Crippen LogP contribution in [0.2, 0.25) is 0 Å². The summed E-state index contributed by atoms with van der Waals surface area (Å²) in [6.45, 7) is 2.91. The first-order valence-corrected chi connectivity index (χ1v) is 9.53. The molecule has 0 bridgehead atoms. The highest BCUT2D eigenvalue weighted by Crippen LogP contribution is 2.43. The summed E-state index contributed by atoms with van der Waals surface area (Å²) in [6, 6.07) is 0. The molecule has 134 valence electrons. The zero-order chi connectivity index (χ0) is 17.3. The van der Waals surface area contributed by atoms with Crippen molar-refractivity contribution >= 4 is 11.7 Å². The molecule has 2 rings (SSSR count). The summed E-state index contributed by atoms with van der Waals surface area (Å²) in [4.78, 5) is 23.9. The standard InChI is InChI=1S/C20H31NO3/c1-2-3-4-5-8-14-19(23)21-16-11-6-7-12-17(22)20-15-10-9-13-18(20)24-20/h9-10,13,15,18H,2-8,11-12,14,16H2,1H3,(H,21,23). The summed E-state index contributed by atoms with van der Waals surface area (Å²) in [5, 5.41) is 2.97. The number of nitrogens with one attached hydrogen (secondary N) is 1. The number of carbonyl (C=O) groups is 2. The molecule has 4 nitrogen and oxygen atoms in total. The smallest absolute Gasteiger partial charge is 0.219 e. The van der Waals surface area contributed by atoms with Crippen molar-refractivity contribution in [3.63, 3.8) is 0 Å². The molecule has 0 aromatic rings. The van der Waals surface area contributed by atoms with Crippen molar-refractivity contribution in [3.8, 4) is 0 Å². The lowest BCUT2D eigenvalue weighted by atomic mass is 9.92. The second kappa shape index (κ2) is 9.77. The lowest BCUT2D eigenvalue weighted by Crippen LogP contribution is -2.26. The maximum Gasteiger partial charge on any atom is 0.219 e. The third-order valence-electron chi connectivity index (χ3n) is 4.77. The van der Waals surface area contributed by atoms with E-state index in [0.29, 0.717) is 12.8 Å². The Balaban J connectivity index is 1.43. The molecule has 2 aliphatic rings. The van der Waals surface area contributed by atoms with Gasteiger partial charge in [0.15, 0.2) is 11.4 Å². The summed E-state index contributed by atoms with van der Waals surface area (Å²) in [5.74, 6) is 0.346. The summed E-state index contributed by atoms with van der Waals surface area (Å²) in [5.41, 5.74) is -0.638. The minimum absolute atomic E-state index is 0.0355. The molecule has 0 aromatic carbocycles. The van der Waals surface area contributed by atoms with Crippen molar-refractivity contribution in [1.29, 1.82) is 0 Å². The van der Waals surface area contributed by atoms with E-state index in [9.17, 15) is 9.59 Å². The van der Waals surface area contributed by atoms with Gasteiger partial charge in [-0.25, -0.2) is 0 Å². The van der Waals surface area contributed by atoms with E-state index in [-0.39, 0.29) is 17.8 Å². The zero-order valence-corrected chi connectivity index (χ0v) is 14.9. The Bertz CT molecular complexity index is 483. The predicted octanol–water partition coefficient (Wildman–Crippen LogP) is 3.86. The number of carbonyl (C=O) groups excluding carboxylic acids is 2. The van der Waals surface area contributed by atoms with Gasteiger partial charge in [-0.2, -0.15) is 0 Å². The molecule has 4 heteroatoms. The van der Waals surface area contributed by atoms with E-state index in [1.54, 1.807) is 0 Å². The van der Waals surface area contributed by atoms with Gasteiger partial charge in [-0.1, -0.05) is 57.3 Å². The maximum atomic E-state index is 12.2. The fourth-order valence-corrected chi connectivity index (χ4v) is 3.16. The van der Waals surface area contributed by atoms with Gasteiger partial charge in [0, 0.05) is 19.4 Å². The summed E-state index contributed by atoms with van der Waals surface area (Å²) in [6.07, 6.45) is 17.4. The number of amides is 1. The van der Waals surface area contributed by atoms with E-state index in [4.69, 9.17) is 4.74 Å². The Morgan fingerprint density at radius 2 is 1.75 bits per heavy atom. The van der Waals surface area contributed by atoms with E-state index in [1.165, 1.54) is 19.3 Å². The Labute approximate surface area is 145 Å². The van der Waals surface area contributed by atoms with E-state index in [1.807, 2.05) is 24.3 Å². The van der Waals surface area contributed by atoms with Gasteiger partial charge in [-0.15, -0.1) is 0 Å². The number of allylic oxidation sites excluding steroid dienone is 2. The van der Waals surface area contributed by atoms with Crippen molar-refractivity contribution < 1.29 is 14.3 Å². The molecule has 2 unspecified atom stereocenters.